The SMILES string of the molecule is COc1ccc(-c2nnsc2C(=O)Nc2ccccc2Sc2ccccc2)cc1. The summed E-state index contributed by atoms with van der Waals surface area (Å²) in [7, 11) is 1.61. The van der Waals surface area contributed by atoms with Crippen LogP contribution in [0.15, 0.2) is 88.7 Å². The number of rotatable bonds is 6. The Hall–Kier alpha value is -3.16. The van der Waals surface area contributed by atoms with Crippen molar-refractivity contribution in [3.63, 3.8) is 0 Å². The molecule has 4 rings (SSSR count). The van der Waals surface area contributed by atoms with Crippen LogP contribution in [0.3, 0.4) is 0 Å². The van der Waals surface area contributed by atoms with Gasteiger partial charge in [-0.3, -0.25) is 4.79 Å². The Morgan fingerprint density at radius 1 is 0.966 bits per heavy atom. The van der Waals surface area contributed by atoms with Crippen molar-refractivity contribution in [3.8, 4) is 17.0 Å². The molecule has 7 heteroatoms. The van der Waals surface area contributed by atoms with Gasteiger partial charge in [-0.25, -0.2) is 0 Å². The maximum Gasteiger partial charge on any atom is 0.269 e. The normalized spacial score (nSPS) is 10.5. The van der Waals surface area contributed by atoms with Crippen molar-refractivity contribution in [1.82, 2.24) is 9.59 Å². The summed E-state index contributed by atoms with van der Waals surface area (Å²) in [4.78, 5) is 15.5. The first-order valence-corrected chi connectivity index (χ1v) is 10.4. The number of nitrogens with one attached hydrogen (secondary N) is 1. The van der Waals surface area contributed by atoms with Gasteiger partial charge in [0, 0.05) is 15.4 Å². The molecule has 0 radical (unpaired) electrons. The van der Waals surface area contributed by atoms with Gasteiger partial charge >= 0.3 is 0 Å². The molecule has 4 aromatic rings. The molecule has 1 N–H and O–H groups in total. The van der Waals surface area contributed by atoms with E-state index in [1.54, 1.807) is 18.9 Å². The van der Waals surface area contributed by atoms with Crippen LogP contribution in [-0.4, -0.2) is 22.6 Å². The summed E-state index contributed by atoms with van der Waals surface area (Å²) in [5, 5.41) is 7.17. The van der Waals surface area contributed by atoms with Crippen LogP contribution >= 0.6 is 23.3 Å². The van der Waals surface area contributed by atoms with E-state index in [1.807, 2.05) is 78.9 Å². The lowest BCUT2D eigenvalue weighted by Gasteiger charge is -2.10. The third-order valence-electron chi connectivity index (χ3n) is 4.16. The van der Waals surface area contributed by atoms with Crippen LogP contribution in [0.2, 0.25) is 0 Å². The second-order valence-electron chi connectivity index (χ2n) is 6.04. The molecule has 144 valence electrons. The summed E-state index contributed by atoms with van der Waals surface area (Å²) in [6.07, 6.45) is 0. The third kappa shape index (κ3) is 4.47. The Morgan fingerprint density at radius 2 is 1.69 bits per heavy atom. The lowest BCUT2D eigenvalue weighted by Crippen LogP contribution is -2.12. The van der Waals surface area contributed by atoms with Crippen molar-refractivity contribution >= 4 is 34.9 Å². The highest BCUT2D eigenvalue weighted by molar-refractivity contribution is 7.99. The monoisotopic (exact) mass is 419 g/mol. The fraction of sp³-hybridized carbons (Fsp3) is 0.0455. The summed E-state index contributed by atoms with van der Waals surface area (Å²) in [6, 6.07) is 25.2. The number of carbonyl (C=O) groups excluding carboxylic acids is 1. The highest BCUT2D eigenvalue weighted by atomic mass is 32.2. The highest BCUT2D eigenvalue weighted by Crippen LogP contribution is 2.34. The van der Waals surface area contributed by atoms with Crippen molar-refractivity contribution in [2.24, 2.45) is 0 Å². The van der Waals surface area contributed by atoms with E-state index < -0.39 is 0 Å². The number of hydrogen-bond acceptors (Lipinski definition) is 6. The molecule has 1 heterocycles. The summed E-state index contributed by atoms with van der Waals surface area (Å²) in [5.41, 5.74) is 2.13. The average Bonchev–Trinajstić information content (AvgIpc) is 3.26. The second kappa shape index (κ2) is 8.89. The van der Waals surface area contributed by atoms with Crippen LogP contribution in [0.4, 0.5) is 5.69 Å². The molecule has 0 unspecified atom stereocenters. The Labute approximate surface area is 176 Å². The highest BCUT2D eigenvalue weighted by Gasteiger charge is 2.19. The van der Waals surface area contributed by atoms with E-state index in [4.69, 9.17) is 4.74 Å². The van der Waals surface area contributed by atoms with Gasteiger partial charge in [-0.05, 0) is 60.1 Å². The predicted octanol–water partition coefficient (Wildman–Crippen LogP) is 5.62. The molecule has 0 aliphatic carbocycles. The molecule has 0 saturated heterocycles. The molecule has 3 aromatic carbocycles. The fourth-order valence-corrected chi connectivity index (χ4v) is 4.24. The topological polar surface area (TPSA) is 64.1 Å². The van der Waals surface area contributed by atoms with E-state index in [0.717, 1.165) is 38.3 Å². The van der Waals surface area contributed by atoms with Gasteiger partial charge in [0.15, 0.2) is 0 Å². The van der Waals surface area contributed by atoms with Gasteiger partial charge in [0.1, 0.15) is 16.3 Å². The molecule has 5 nitrogen and oxygen atoms in total. The third-order valence-corrected chi connectivity index (χ3v) is 5.97. The maximum absolute atomic E-state index is 13.0. The molecule has 29 heavy (non-hydrogen) atoms. The first-order chi connectivity index (χ1) is 14.2. The lowest BCUT2D eigenvalue weighted by atomic mass is 10.1. The first-order valence-electron chi connectivity index (χ1n) is 8.84. The van der Waals surface area contributed by atoms with E-state index in [-0.39, 0.29) is 5.91 Å². The van der Waals surface area contributed by atoms with E-state index in [1.165, 1.54) is 0 Å². The smallest absolute Gasteiger partial charge is 0.269 e. The van der Waals surface area contributed by atoms with Crippen LogP contribution in [0.5, 0.6) is 5.75 Å². The van der Waals surface area contributed by atoms with Crippen molar-refractivity contribution in [2.45, 2.75) is 9.79 Å². The van der Waals surface area contributed by atoms with Crippen molar-refractivity contribution in [2.75, 3.05) is 12.4 Å². The minimum absolute atomic E-state index is 0.230. The van der Waals surface area contributed by atoms with Gasteiger partial charge in [-0.1, -0.05) is 46.6 Å². The predicted molar refractivity (Wildman–Crippen MR) is 117 cm³/mol. The van der Waals surface area contributed by atoms with E-state index in [9.17, 15) is 4.79 Å². The number of methoxy groups -OCH3 is 1. The Balaban J connectivity index is 1.57. The summed E-state index contributed by atoms with van der Waals surface area (Å²) in [6.45, 7) is 0. The van der Waals surface area contributed by atoms with E-state index in [2.05, 4.69) is 14.9 Å². The zero-order valence-electron chi connectivity index (χ0n) is 15.5. The van der Waals surface area contributed by atoms with Crippen LogP contribution < -0.4 is 10.1 Å². The fourth-order valence-electron chi connectivity index (χ4n) is 2.73. The molecule has 0 saturated carbocycles. The lowest BCUT2D eigenvalue weighted by molar-refractivity contribution is 0.103. The van der Waals surface area contributed by atoms with Gasteiger partial charge < -0.3 is 10.1 Å². The van der Waals surface area contributed by atoms with Gasteiger partial charge in [0.25, 0.3) is 5.91 Å². The molecular formula is C22H17N3O2S2. The van der Waals surface area contributed by atoms with Crippen LogP contribution in [0.25, 0.3) is 11.3 Å². The van der Waals surface area contributed by atoms with Crippen molar-refractivity contribution < 1.29 is 9.53 Å². The molecule has 0 aliphatic heterocycles. The Morgan fingerprint density at radius 3 is 2.45 bits per heavy atom. The van der Waals surface area contributed by atoms with Crippen molar-refractivity contribution in [3.05, 3.63) is 83.7 Å². The minimum atomic E-state index is -0.230. The summed E-state index contributed by atoms with van der Waals surface area (Å²) >= 11 is 2.68. The first kappa shape index (κ1) is 19.2. The second-order valence-corrected chi connectivity index (χ2v) is 7.91. The number of anilines is 1. The number of hydrogen-bond donors (Lipinski definition) is 1. The van der Waals surface area contributed by atoms with Crippen LogP contribution in [0.1, 0.15) is 9.67 Å². The van der Waals surface area contributed by atoms with Gasteiger partial charge in [-0.2, -0.15) is 0 Å². The molecule has 1 amide bonds. The van der Waals surface area contributed by atoms with Crippen LogP contribution in [-0.2, 0) is 0 Å². The zero-order valence-corrected chi connectivity index (χ0v) is 17.2. The molecule has 0 atom stereocenters. The Bertz CT molecular complexity index is 1110. The van der Waals surface area contributed by atoms with Crippen LogP contribution in [0, 0.1) is 0 Å². The maximum atomic E-state index is 13.0. The zero-order chi connectivity index (χ0) is 20.1. The number of benzene rings is 3. The van der Waals surface area contributed by atoms with Gasteiger partial charge in [-0.15, -0.1) is 5.10 Å². The molecule has 0 aliphatic rings. The minimum Gasteiger partial charge on any atom is -0.497 e. The van der Waals surface area contributed by atoms with Gasteiger partial charge in [0.2, 0.25) is 0 Å². The molecule has 1 aromatic heterocycles. The number of nitrogens with zero attached hydrogens (tertiary/aromatic N) is 2. The summed E-state index contributed by atoms with van der Waals surface area (Å²) < 4.78 is 9.18. The molecule has 0 spiro atoms. The number of para-hydroxylation sites is 1. The number of carbonyl (C=O) groups is 1. The van der Waals surface area contributed by atoms with E-state index >= 15 is 0 Å². The molecule has 0 fully saturated rings. The van der Waals surface area contributed by atoms with Gasteiger partial charge in [0.05, 0.1) is 12.8 Å². The Kier molecular flexibility index (Phi) is 5.88. The summed E-state index contributed by atoms with van der Waals surface area (Å²) in [5.74, 6) is 0.515. The largest absolute Gasteiger partial charge is 0.497 e. The van der Waals surface area contributed by atoms with Crippen molar-refractivity contribution in [1.29, 1.82) is 0 Å². The average molecular weight is 420 g/mol. The number of aromatic nitrogens is 2. The molecule has 0 bridgehead atoms. The molecular weight excluding hydrogens is 402 g/mol. The number of amides is 1. The quantitative estimate of drug-likeness (QED) is 0.440. The van der Waals surface area contributed by atoms with E-state index in [0.29, 0.717) is 10.6 Å². The number of ether oxygens (including phenoxy) is 1. The standard InChI is InChI=1S/C22H17N3O2S2/c1-27-16-13-11-15(12-14-16)20-21(29-25-24-20)22(26)23-18-9-5-6-10-19(18)28-17-7-3-2-4-8-17/h2-14H,1H3,(H,23,26).